The van der Waals surface area contributed by atoms with E-state index in [1.165, 1.54) is 0 Å². The highest BCUT2D eigenvalue weighted by molar-refractivity contribution is 6.74. The Morgan fingerprint density at radius 1 is 1.07 bits per heavy atom. The van der Waals surface area contributed by atoms with Crippen LogP contribution in [0.3, 0.4) is 0 Å². The van der Waals surface area contributed by atoms with Gasteiger partial charge in [-0.05, 0) is 63.4 Å². The summed E-state index contributed by atoms with van der Waals surface area (Å²) in [7, 11) is -1.96. The van der Waals surface area contributed by atoms with Crippen LogP contribution in [0.2, 0.25) is 18.1 Å². The highest BCUT2D eigenvalue weighted by Crippen LogP contribution is 2.41. The molecule has 6 heteroatoms. The van der Waals surface area contributed by atoms with Gasteiger partial charge in [0.25, 0.3) is 0 Å². The summed E-state index contributed by atoms with van der Waals surface area (Å²) in [6.45, 7) is 15.1. The van der Waals surface area contributed by atoms with Crippen molar-refractivity contribution in [2.75, 3.05) is 0 Å². The molecule has 4 nitrogen and oxygen atoms in total. The largest absolute Gasteiger partial charge is 0.411 e. The van der Waals surface area contributed by atoms with Gasteiger partial charge in [-0.25, -0.2) is 9.37 Å². The molecule has 1 aliphatic carbocycles. The Kier molecular flexibility index (Phi) is 5.83. The Labute approximate surface area is 169 Å². The average Bonchev–Trinajstić information content (AvgIpc) is 2.94. The number of hydrogen-bond donors (Lipinski definition) is 0. The summed E-state index contributed by atoms with van der Waals surface area (Å²) in [5, 5.41) is 0.0968. The molecule has 0 unspecified atom stereocenters. The molecule has 3 atom stereocenters. The summed E-state index contributed by atoms with van der Waals surface area (Å²) in [5.74, 6) is 0.929. The predicted molar refractivity (Wildman–Crippen MR) is 114 cm³/mol. The first-order valence-corrected chi connectivity index (χ1v) is 13.2. The van der Waals surface area contributed by atoms with Crippen molar-refractivity contribution in [3.05, 3.63) is 41.6 Å². The van der Waals surface area contributed by atoms with Crippen molar-refractivity contribution in [2.24, 2.45) is 0 Å². The smallest absolute Gasteiger partial charge is 0.192 e. The summed E-state index contributed by atoms with van der Waals surface area (Å²) in [5.41, 5.74) is 3.15. The highest BCUT2D eigenvalue weighted by atomic mass is 28.4. The van der Waals surface area contributed by atoms with Crippen molar-refractivity contribution in [3.8, 4) is 5.82 Å². The average molecular weight is 404 g/mol. The molecule has 2 aromatic rings. The molecule has 0 aliphatic heterocycles. The van der Waals surface area contributed by atoms with Gasteiger partial charge in [-0.2, -0.15) is 0 Å². The van der Waals surface area contributed by atoms with Gasteiger partial charge in [0.1, 0.15) is 6.17 Å². The van der Waals surface area contributed by atoms with Crippen LogP contribution in [0.5, 0.6) is 0 Å². The second kappa shape index (κ2) is 7.71. The first-order valence-electron chi connectivity index (χ1n) is 10.3. The predicted octanol–water partition coefficient (Wildman–Crippen LogP) is 5.88. The van der Waals surface area contributed by atoms with E-state index in [1.54, 1.807) is 6.20 Å². The fourth-order valence-corrected chi connectivity index (χ4v) is 5.11. The van der Waals surface area contributed by atoms with Crippen LogP contribution >= 0.6 is 0 Å². The van der Waals surface area contributed by atoms with E-state index in [0.29, 0.717) is 6.42 Å². The molecule has 0 aromatic carbocycles. The maximum Gasteiger partial charge on any atom is 0.192 e. The summed E-state index contributed by atoms with van der Waals surface area (Å²) in [6, 6.07) is 4.14. The zero-order valence-corrected chi connectivity index (χ0v) is 19.3. The maximum absolute atomic E-state index is 15.0. The fourth-order valence-electron chi connectivity index (χ4n) is 3.73. The molecular weight excluding hydrogens is 369 g/mol. The third-order valence-electron chi connectivity index (χ3n) is 6.54. The van der Waals surface area contributed by atoms with Gasteiger partial charge in [-0.1, -0.05) is 20.8 Å². The zero-order chi connectivity index (χ0) is 20.7. The van der Waals surface area contributed by atoms with Gasteiger partial charge < -0.3 is 8.99 Å². The maximum atomic E-state index is 15.0. The minimum absolute atomic E-state index is 0.0968. The van der Waals surface area contributed by atoms with Crippen molar-refractivity contribution in [1.29, 1.82) is 0 Å². The molecule has 2 heterocycles. The Hall–Kier alpha value is -1.53. The molecule has 0 saturated heterocycles. The summed E-state index contributed by atoms with van der Waals surface area (Å²) in [6.07, 6.45) is 4.52. The lowest BCUT2D eigenvalue weighted by Crippen LogP contribution is -2.47. The van der Waals surface area contributed by atoms with E-state index in [0.717, 1.165) is 35.7 Å². The van der Waals surface area contributed by atoms with Gasteiger partial charge in [-0.15, -0.1) is 0 Å². The highest BCUT2D eigenvalue weighted by Gasteiger charge is 2.42. The van der Waals surface area contributed by atoms with Gasteiger partial charge in [0, 0.05) is 17.3 Å². The molecule has 2 aromatic heterocycles. The lowest BCUT2D eigenvalue weighted by Gasteiger charge is -2.42. The number of alkyl halides is 1. The minimum Gasteiger partial charge on any atom is -0.411 e. The molecule has 0 radical (unpaired) electrons. The van der Waals surface area contributed by atoms with Crippen LogP contribution < -0.4 is 0 Å². The summed E-state index contributed by atoms with van der Waals surface area (Å²) < 4.78 is 23.4. The van der Waals surface area contributed by atoms with E-state index in [9.17, 15) is 4.39 Å². The summed E-state index contributed by atoms with van der Waals surface area (Å²) >= 11 is 0. The van der Waals surface area contributed by atoms with Gasteiger partial charge in [0.05, 0.1) is 24.2 Å². The molecule has 0 amide bonds. The Bertz CT molecular complexity index is 791. The number of nitrogens with zero attached hydrogens (tertiary/aromatic N) is 3. The van der Waals surface area contributed by atoms with Crippen LogP contribution in [0.1, 0.15) is 63.0 Å². The van der Waals surface area contributed by atoms with Crippen molar-refractivity contribution >= 4 is 8.32 Å². The second-order valence-corrected chi connectivity index (χ2v) is 14.4. The minimum atomic E-state index is -1.96. The first kappa shape index (κ1) is 21.2. The van der Waals surface area contributed by atoms with E-state index in [4.69, 9.17) is 4.43 Å². The SMILES string of the molecule is Cc1ccc(C)n1-c1cnc([C@H]2CC[C@H](O[Si](C)(C)C(C)(C)C)[C@@H](F)C2)cn1. The van der Waals surface area contributed by atoms with Crippen molar-refractivity contribution < 1.29 is 8.82 Å². The van der Waals surface area contributed by atoms with Gasteiger partial charge >= 0.3 is 0 Å². The van der Waals surface area contributed by atoms with Gasteiger partial charge in [-0.3, -0.25) is 4.98 Å². The third kappa shape index (κ3) is 4.23. The number of halogens is 1. The molecule has 154 valence electrons. The lowest BCUT2D eigenvalue weighted by atomic mass is 9.84. The topological polar surface area (TPSA) is 39.9 Å². The Morgan fingerprint density at radius 3 is 2.21 bits per heavy atom. The molecule has 0 bridgehead atoms. The Morgan fingerprint density at radius 2 is 1.71 bits per heavy atom. The van der Waals surface area contributed by atoms with Gasteiger partial charge in [0.15, 0.2) is 14.1 Å². The molecule has 1 fully saturated rings. The van der Waals surface area contributed by atoms with Crippen LogP contribution in [-0.4, -0.2) is 35.1 Å². The molecule has 3 rings (SSSR count). The van der Waals surface area contributed by atoms with Crippen LogP contribution in [0.25, 0.3) is 5.82 Å². The number of aromatic nitrogens is 3. The molecule has 1 saturated carbocycles. The third-order valence-corrected chi connectivity index (χ3v) is 11.0. The van der Waals surface area contributed by atoms with Crippen LogP contribution in [-0.2, 0) is 4.43 Å². The van der Waals surface area contributed by atoms with Crippen molar-refractivity contribution in [2.45, 2.75) is 90.2 Å². The monoisotopic (exact) mass is 403 g/mol. The normalized spacial score (nSPS) is 23.8. The second-order valence-electron chi connectivity index (χ2n) is 9.69. The standard InChI is InChI=1S/C22H34FN3OSi/c1-15-8-9-16(2)26(15)21-14-24-19(13-25-21)17-10-11-20(18(23)12-17)27-28(6,7)22(3,4)5/h8-9,13-14,17-18,20H,10-12H2,1-7H3/t17-,18-,20-/m0/s1. The molecular formula is C22H34FN3OSi. The summed E-state index contributed by atoms with van der Waals surface area (Å²) in [4.78, 5) is 9.24. The van der Waals surface area contributed by atoms with Crippen molar-refractivity contribution in [3.63, 3.8) is 0 Å². The fraction of sp³-hybridized carbons (Fsp3) is 0.636. The number of rotatable bonds is 4. The van der Waals surface area contributed by atoms with E-state index < -0.39 is 14.5 Å². The molecule has 0 N–H and O–H groups in total. The van der Waals surface area contributed by atoms with Crippen LogP contribution in [0.4, 0.5) is 4.39 Å². The Balaban J connectivity index is 1.67. The zero-order valence-electron chi connectivity index (χ0n) is 18.3. The molecule has 0 spiro atoms. The van der Waals surface area contributed by atoms with E-state index in [-0.39, 0.29) is 17.1 Å². The number of aryl methyl sites for hydroxylation is 2. The lowest BCUT2D eigenvalue weighted by molar-refractivity contribution is 0.0448. The molecule has 28 heavy (non-hydrogen) atoms. The molecule has 1 aliphatic rings. The van der Waals surface area contributed by atoms with Crippen LogP contribution in [0.15, 0.2) is 24.5 Å². The van der Waals surface area contributed by atoms with Gasteiger partial charge in [0.2, 0.25) is 0 Å². The number of hydrogen-bond acceptors (Lipinski definition) is 3. The quantitative estimate of drug-likeness (QED) is 0.598. The van der Waals surface area contributed by atoms with Crippen molar-refractivity contribution in [1.82, 2.24) is 14.5 Å². The first-order chi connectivity index (χ1) is 13.0. The van der Waals surface area contributed by atoms with E-state index in [1.807, 2.05) is 6.20 Å². The van der Waals surface area contributed by atoms with E-state index >= 15 is 0 Å². The van der Waals surface area contributed by atoms with E-state index in [2.05, 4.69) is 74.4 Å². The van der Waals surface area contributed by atoms with Crippen LogP contribution in [0, 0.1) is 13.8 Å².